The smallest absolute Gasteiger partial charge is 0.478 e. The zero-order valence-corrected chi connectivity index (χ0v) is 8.72. The second-order valence-corrected chi connectivity index (χ2v) is 2.82. The van der Waals surface area contributed by atoms with E-state index in [9.17, 15) is 28.1 Å². The van der Waals surface area contributed by atoms with Gasteiger partial charge in [-0.25, -0.2) is 4.98 Å². The fourth-order valence-corrected chi connectivity index (χ4v) is 1.11. The Hall–Kier alpha value is -2.39. The standard InChI is InChI=1S/C8H5F3N2O5/c1-17-7-6(18-8(9,10)11)5(13(15)16)4(3-14)2-12-7/h2-3H,1H3. The van der Waals surface area contributed by atoms with Gasteiger partial charge in [-0.2, -0.15) is 0 Å². The number of carbonyl (C=O) groups is 1. The molecule has 18 heavy (non-hydrogen) atoms. The Balaban J connectivity index is 3.50. The van der Waals surface area contributed by atoms with Gasteiger partial charge in [-0.1, -0.05) is 0 Å². The number of methoxy groups -OCH3 is 1. The summed E-state index contributed by atoms with van der Waals surface area (Å²) in [6, 6.07) is 0. The number of rotatable bonds is 4. The summed E-state index contributed by atoms with van der Waals surface area (Å²) in [5, 5.41) is 10.7. The molecule has 0 radical (unpaired) electrons. The van der Waals surface area contributed by atoms with Crippen molar-refractivity contribution in [3.8, 4) is 11.6 Å². The summed E-state index contributed by atoms with van der Waals surface area (Å²) in [4.78, 5) is 23.3. The molecule has 0 N–H and O–H groups in total. The lowest BCUT2D eigenvalue weighted by atomic mass is 10.2. The molecule has 0 aromatic carbocycles. The van der Waals surface area contributed by atoms with E-state index in [0.29, 0.717) is 6.20 Å². The summed E-state index contributed by atoms with van der Waals surface area (Å²) in [7, 11) is 0.954. The van der Waals surface area contributed by atoms with E-state index in [0.717, 1.165) is 7.11 Å². The van der Waals surface area contributed by atoms with Crippen LogP contribution in [0.25, 0.3) is 0 Å². The van der Waals surface area contributed by atoms with Gasteiger partial charge in [0.25, 0.3) is 11.6 Å². The number of carbonyl (C=O) groups excluding carboxylic acids is 1. The molecule has 0 atom stereocenters. The molecule has 10 heteroatoms. The van der Waals surface area contributed by atoms with E-state index in [1.54, 1.807) is 0 Å². The van der Waals surface area contributed by atoms with Crippen LogP contribution >= 0.6 is 0 Å². The molecule has 0 unspecified atom stereocenters. The van der Waals surface area contributed by atoms with E-state index < -0.39 is 34.2 Å². The first-order valence-corrected chi connectivity index (χ1v) is 4.22. The number of aromatic nitrogens is 1. The molecule has 98 valence electrons. The van der Waals surface area contributed by atoms with Crippen LogP contribution in [-0.2, 0) is 0 Å². The highest BCUT2D eigenvalue weighted by Crippen LogP contribution is 2.40. The monoisotopic (exact) mass is 266 g/mol. The Morgan fingerprint density at radius 1 is 1.50 bits per heavy atom. The highest BCUT2D eigenvalue weighted by molar-refractivity contribution is 5.83. The van der Waals surface area contributed by atoms with Gasteiger partial charge in [0.1, 0.15) is 5.56 Å². The van der Waals surface area contributed by atoms with Crippen LogP contribution in [0.3, 0.4) is 0 Å². The van der Waals surface area contributed by atoms with Crippen molar-refractivity contribution in [3.05, 3.63) is 21.9 Å². The van der Waals surface area contributed by atoms with Crippen LogP contribution in [0.5, 0.6) is 11.6 Å². The predicted octanol–water partition coefficient (Wildman–Crippen LogP) is 1.71. The second-order valence-electron chi connectivity index (χ2n) is 2.82. The van der Waals surface area contributed by atoms with Gasteiger partial charge in [0.05, 0.1) is 12.0 Å². The molecule has 0 aliphatic heterocycles. The Morgan fingerprint density at radius 3 is 2.50 bits per heavy atom. The number of aldehydes is 1. The van der Waals surface area contributed by atoms with E-state index in [4.69, 9.17) is 0 Å². The first-order valence-electron chi connectivity index (χ1n) is 4.22. The van der Waals surface area contributed by atoms with Gasteiger partial charge >= 0.3 is 12.0 Å². The van der Waals surface area contributed by atoms with Gasteiger partial charge in [0, 0.05) is 6.20 Å². The summed E-state index contributed by atoms with van der Waals surface area (Å²) in [5.41, 5.74) is -1.81. The lowest BCUT2D eigenvalue weighted by Crippen LogP contribution is -2.19. The Morgan fingerprint density at radius 2 is 2.11 bits per heavy atom. The van der Waals surface area contributed by atoms with Crippen molar-refractivity contribution >= 4 is 12.0 Å². The number of hydrogen-bond acceptors (Lipinski definition) is 6. The molecule has 0 fully saturated rings. The number of alkyl halides is 3. The van der Waals surface area contributed by atoms with E-state index in [-0.39, 0.29) is 6.29 Å². The number of nitrogens with zero attached hydrogens (tertiary/aromatic N) is 2. The molecule has 0 aliphatic carbocycles. The molecule has 1 heterocycles. The zero-order chi connectivity index (χ0) is 13.9. The molecule has 0 aliphatic rings. The lowest BCUT2D eigenvalue weighted by molar-refractivity contribution is -0.389. The minimum absolute atomic E-state index is 0.00614. The maximum Gasteiger partial charge on any atom is 0.573 e. The fraction of sp³-hybridized carbons (Fsp3) is 0.250. The third-order valence-electron chi connectivity index (χ3n) is 1.72. The quantitative estimate of drug-likeness (QED) is 0.468. The number of hydrogen-bond donors (Lipinski definition) is 0. The molecule has 0 saturated heterocycles. The zero-order valence-electron chi connectivity index (χ0n) is 8.72. The van der Waals surface area contributed by atoms with Gasteiger partial charge in [0.15, 0.2) is 6.29 Å². The van der Waals surface area contributed by atoms with Crippen LogP contribution in [0.15, 0.2) is 6.20 Å². The molecule has 0 saturated carbocycles. The topological polar surface area (TPSA) is 91.6 Å². The van der Waals surface area contributed by atoms with Crippen molar-refractivity contribution in [2.24, 2.45) is 0 Å². The van der Waals surface area contributed by atoms with Gasteiger partial charge in [-0.3, -0.25) is 14.9 Å². The first-order chi connectivity index (χ1) is 8.30. The molecule has 7 nitrogen and oxygen atoms in total. The SMILES string of the molecule is COc1ncc(C=O)c([N+](=O)[O-])c1OC(F)(F)F. The van der Waals surface area contributed by atoms with E-state index in [1.165, 1.54) is 0 Å². The minimum Gasteiger partial charge on any atom is -0.478 e. The van der Waals surface area contributed by atoms with Crippen LogP contribution in [0.1, 0.15) is 10.4 Å². The summed E-state index contributed by atoms with van der Waals surface area (Å²) in [6.07, 6.45) is -4.47. The fourth-order valence-electron chi connectivity index (χ4n) is 1.11. The number of ether oxygens (including phenoxy) is 2. The van der Waals surface area contributed by atoms with Crippen molar-refractivity contribution < 1.29 is 32.4 Å². The van der Waals surface area contributed by atoms with Crippen LogP contribution in [0, 0.1) is 10.1 Å². The van der Waals surface area contributed by atoms with Crippen LogP contribution in [0.4, 0.5) is 18.9 Å². The largest absolute Gasteiger partial charge is 0.573 e. The van der Waals surface area contributed by atoms with E-state index in [1.807, 2.05) is 0 Å². The summed E-state index contributed by atoms with van der Waals surface area (Å²) < 4.78 is 44.3. The van der Waals surface area contributed by atoms with Crippen molar-refractivity contribution in [1.29, 1.82) is 0 Å². The summed E-state index contributed by atoms with van der Waals surface area (Å²) in [5.74, 6) is -2.01. The van der Waals surface area contributed by atoms with Crippen molar-refractivity contribution in [2.45, 2.75) is 6.36 Å². The number of nitro groups is 1. The molecule has 0 spiro atoms. The number of pyridine rings is 1. The molecular weight excluding hydrogens is 261 g/mol. The van der Waals surface area contributed by atoms with Gasteiger partial charge < -0.3 is 9.47 Å². The van der Waals surface area contributed by atoms with Gasteiger partial charge in [-0.05, 0) is 0 Å². The van der Waals surface area contributed by atoms with Gasteiger partial charge in [0.2, 0.25) is 0 Å². The maximum absolute atomic E-state index is 12.1. The third kappa shape index (κ3) is 2.84. The summed E-state index contributed by atoms with van der Waals surface area (Å²) in [6.45, 7) is 0. The van der Waals surface area contributed by atoms with Crippen LogP contribution < -0.4 is 9.47 Å². The molecule has 0 amide bonds. The second kappa shape index (κ2) is 4.85. The first kappa shape index (κ1) is 13.7. The maximum atomic E-state index is 12.1. The van der Waals surface area contributed by atoms with E-state index >= 15 is 0 Å². The van der Waals surface area contributed by atoms with Crippen LogP contribution in [-0.4, -0.2) is 29.7 Å². The molecule has 1 aromatic heterocycles. The molecular formula is C8H5F3N2O5. The minimum atomic E-state index is -5.18. The van der Waals surface area contributed by atoms with Gasteiger partial charge in [-0.15, -0.1) is 13.2 Å². The lowest BCUT2D eigenvalue weighted by Gasteiger charge is -2.12. The van der Waals surface area contributed by atoms with Crippen LogP contribution in [0.2, 0.25) is 0 Å². The average molecular weight is 266 g/mol. The third-order valence-corrected chi connectivity index (χ3v) is 1.72. The van der Waals surface area contributed by atoms with E-state index in [2.05, 4.69) is 14.5 Å². The predicted molar refractivity (Wildman–Crippen MR) is 49.5 cm³/mol. The Kier molecular flexibility index (Phi) is 3.69. The molecule has 1 aromatic rings. The van der Waals surface area contributed by atoms with Crippen molar-refractivity contribution in [2.75, 3.05) is 7.11 Å². The molecule has 0 bridgehead atoms. The highest BCUT2D eigenvalue weighted by atomic mass is 19.4. The van der Waals surface area contributed by atoms with Crippen molar-refractivity contribution in [3.63, 3.8) is 0 Å². The molecule has 1 rings (SSSR count). The summed E-state index contributed by atoms with van der Waals surface area (Å²) >= 11 is 0. The Bertz CT molecular complexity index is 488. The highest BCUT2D eigenvalue weighted by Gasteiger charge is 2.38. The Labute approximate surface area is 97.3 Å². The van der Waals surface area contributed by atoms with Crippen molar-refractivity contribution in [1.82, 2.24) is 4.98 Å². The number of halogens is 3. The normalized spacial score (nSPS) is 10.9. The average Bonchev–Trinajstić information content (AvgIpc) is 2.25.